The van der Waals surface area contributed by atoms with Crippen molar-refractivity contribution in [2.45, 2.75) is 18.6 Å². The summed E-state index contributed by atoms with van der Waals surface area (Å²) in [4.78, 5) is 7.36. The van der Waals surface area contributed by atoms with Gasteiger partial charge in [-0.15, -0.1) is 0 Å². The smallest absolute Gasteiger partial charge is 0.161 e. The summed E-state index contributed by atoms with van der Waals surface area (Å²) in [5, 5.41) is 3.28. The number of aromatic nitrogens is 2. The minimum absolute atomic E-state index is 0.0231. The number of rotatable bonds is 4. The van der Waals surface area contributed by atoms with E-state index < -0.39 is 0 Å². The molecule has 1 aliphatic heterocycles. The van der Waals surface area contributed by atoms with Crippen molar-refractivity contribution in [2.24, 2.45) is 0 Å². The van der Waals surface area contributed by atoms with Crippen LogP contribution < -0.4 is 14.8 Å². The van der Waals surface area contributed by atoms with Crippen LogP contribution >= 0.6 is 0 Å². The molecule has 1 aromatic carbocycles. The highest BCUT2D eigenvalue weighted by molar-refractivity contribution is 5.40. The zero-order chi connectivity index (χ0) is 13.1. The number of para-hydroxylation sites is 2. The zero-order valence-electron chi connectivity index (χ0n) is 10.8. The number of benzene rings is 1. The third kappa shape index (κ3) is 2.56. The van der Waals surface area contributed by atoms with Gasteiger partial charge in [0.25, 0.3) is 0 Å². The van der Waals surface area contributed by atoms with Crippen LogP contribution in [-0.2, 0) is 6.42 Å². The van der Waals surface area contributed by atoms with Crippen LogP contribution in [0.1, 0.15) is 5.82 Å². The van der Waals surface area contributed by atoms with E-state index in [1.165, 1.54) is 0 Å². The zero-order valence-corrected chi connectivity index (χ0v) is 10.8. The van der Waals surface area contributed by atoms with E-state index in [0.717, 1.165) is 23.7 Å². The fraction of sp³-hybridized carbons (Fsp3) is 0.357. The van der Waals surface area contributed by atoms with E-state index in [1.54, 1.807) is 6.20 Å². The number of likely N-dealkylation sites (N-methyl/N-ethyl adjacent to an activating group) is 1. The summed E-state index contributed by atoms with van der Waals surface area (Å²) in [6, 6.07) is 7.90. The molecule has 2 aromatic rings. The molecule has 3 rings (SSSR count). The Balaban J connectivity index is 1.72. The van der Waals surface area contributed by atoms with Gasteiger partial charge in [-0.2, -0.15) is 0 Å². The van der Waals surface area contributed by atoms with E-state index in [-0.39, 0.29) is 12.1 Å². The average molecular weight is 259 g/mol. The standard InChI is InChI=1S/C14H17N3O2/c1-15-10(8-14-16-6-7-17-14)13-9-18-11-4-2-3-5-12(11)19-13/h2-7,10,13,15H,8-9H2,1H3,(H,16,17). The molecule has 5 nitrogen and oxygen atoms in total. The molecule has 2 N–H and O–H groups in total. The predicted octanol–water partition coefficient (Wildman–Crippen LogP) is 1.38. The van der Waals surface area contributed by atoms with E-state index in [0.29, 0.717) is 6.61 Å². The van der Waals surface area contributed by atoms with Crippen molar-refractivity contribution in [3.63, 3.8) is 0 Å². The van der Waals surface area contributed by atoms with Crippen LogP contribution in [0.3, 0.4) is 0 Å². The summed E-state index contributed by atoms with van der Waals surface area (Å²) >= 11 is 0. The first kappa shape index (κ1) is 12.0. The molecule has 2 atom stereocenters. The maximum Gasteiger partial charge on any atom is 0.161 e. The third-order valence-corrected chi connectivity index (χ3v) is 3.32. The van der Waals surface area contributed by atoms with Gasteiger partial charge in [-0.3, -0.25) is 0 Å². The van der Waals surface area contributed by atoms with Crippen molar-refractivity contribution in [3.8, 4) is 11.5 Å². The molecule has 0 saturated heterocycles. The van der Waals surface area contributed by atoms with Crippen LogP contribution in [0.2, 0.25) is 0 Å². The SMILES string of the molecule is CNC(Cc1ncc[nH]1)C1COc2ccccc2O1. The summed E-state index contributed by atoms with van der Waals surface area (Å²) in [7, 11) is 1.93. The second-order valence-electron chi connectivity index (χ2n) is 4.55. The van der Waals surface area contributed by atoms with Gasteiger partial charge in [0.05, 0.1) is 6.04 Å². The molecule has 100 valence electrons. The highest BCUT2D eigenvalue weighted by Gasteiger charge is 2.28. The van der Waals surface area contributed by atoms with Crippen molar-refractivity contribution in [1.82, 2.24) is 15.3 Å². The van der Waals surface area contributed by atoms with Gasteiger partial charge in [-0.1, -0.05) is 12.1 Å². The maximum atomic E-state index is 6.00. The van der Waals surface area contributed by atoms with Gasteiger partial charge in [0, 0.05) is 18.8 Å². The number of ether oxygens (including phenoxy) is 2. The second kappa shape index (κ2) is 5.32. The van der Waals surface area contributed by atoms with Gasteiger partial charge in [-0.05, 0) is 19.2 Å². The van der Waals surface area contributed by atoms with Crippen molar-refractivity contribution >= 4 is 0 Å². The lowest BCUT2D eigenvalue weighted by Crippen LogP contribution is -2.47. The Kier molecular flexibility index (Phi) is 3.37. The third-order valence-electron chi connectivity index (χ3n) is 3.32. The number of aromatic amines is 1. The fourth-order valence-corrected chi connectivity index (χ4v) is 2.27. The molecule has 0 amide bonds. The molecule has 19 heavy (non-hydrogen) atoms. The molecule has 1 aliphatic rings. The summed E-state index contributed by atoms with van der Waals surface area (Å²) in [6.07, 6.45) is 4.34. The Bertz CT molecular complexity index is 527. The number of hydrogen-bond acceptors (Lipinski definition) is 4. The van der Waals surface area contributed by atoms with Crippen molar-refractivity contribution in [1.29, 1.82) is 0 Å². The van der Waals surface area contributed by atoms with E-state index in [4.69, 9.17) is 9.47 Å². The fourth-order valence-electron chi connectivity index (χ4n) is 2.27. The van der Waals surface area contributed by atoms with Crippen molar-refractivity contribution in [3.05, 3.63) is 42.5 Å². The topological polar surface area (TPSA) is 59.2 Å². The van der Waals surface area contributed by atoms with E-state index in [1.807, 2.05) is 37.5 Å². The molecule has 0 aliphatic carbocycles. The molecule has 1 aromatic heterocycles. The van der Waals surface area contributed by atoms with Crippen LogP contribution in [0.15, 0.2) is 36.7 Å². The minimum atomic E-state index is -0.0231. The number of hydrogen-bond donors (Lipinski definition) is 2. The molecule has 0 saturated carbocycles. The van der Waals surface area contributed by atoms with Crippen LogP contribution in [0.5, 0.6) is 11.5 Å². The minimum Gasteiger partial charge on any atom is -0.486 e. The first-order chi connectivity index (χ1) is 9.36. The number of nitrogens with one attached hydrogen (secondary N) is 2. The number of imidazole rings is 1. The lowest BCUT2D eigenvalue weighted by Gasteiger charge is -2.31. The Morgan fingerprint density at radius 3 is 3.00 bits per heavy atom. The van der Waals surface area contributed by atoms with Crippen LogP contribution in [0.25, 0.3) is 0 Å². The van der Waals surface area contributed by atoms with E-state index in [9.17, 15) is 0 Å². The number of nitrogens with zero attached hydrogens (tertiary/aromatic N) is 1. The van der Waals surface area contributed by atoms with Gasteiger partial charge in [0.15, 0.2) is 11.5 Å². The highest BCUT2D eigenvalue weighted by atomic mass is 16.6. The summed E-state index contributed by atoms with van der Waals surface area (Å²) < 4.78 is 11.7. The highest BCUT2D eigenvalue weighted by Crippen LogP contribution is 2.31. The molecule has 0 fully saturated rings. The quantitative estimate of drug-likeness (QED) is 0.871. The second-order valence-corrected chi connectivity index (χ2v) is 4.55. The molecule has 2 heterocycles. The Hall–Kier alpha value is -2.01. The van der Waals surface area contributed by atoms with Crippen LogP contribution in [0, 0.1) is 0 Å². The van der Waals surface area contributed by atoms with Gasteiger partial charge in [0.1, 0.15) is 18.5 Å². The first-order valence-electron chi connectivity index (χ1n) is 6.41. The largest absolute Gasteiger partial charge is 0.486 e. The van der Waals surface area contributed by atoms with Gasteiger partial charge < -0.3 is 19.8 Å². The molecule has 2 unspecified atom stereocenters. The van der Waals surface area contributed by atoms with Gasteiger partial charge >= 0.3 is 0 Å². The van der Waals surface area contributed by atoms with Crippen molar-refractivity contribution in [2.75, 3.05) is 13.7 Å². The number of fused-ring (bicyclic) bond motifs is 1. The first-order valence-corrected chi connectivity index (χ1v) is 6.41. The van der Waals surface area contributed by atoms with E-state index >= 15 is 0 Å². The number of H-pyrrole nitrogens is 1. The molecular formula is C14H17N3O2. The van der Waals surface area contributed by atoms with Crippen molar-refractivity contribution < 1.29 is 9.47 Å². The Morgan fingerprint density at radius 2 is 2.26 bits per heavy atom. The predicted molar refractivity (Wildman–Crippen MR) is 71.5 cm³/mol. The molecule has 0 spiro atoms. The van der Waals surface area contributed by atoms with E-state index in [2.05, 4.69) is 15.3 Å². The lowest BCUT2D eigenvalue weighted by atomic mass is 10.1. The Morgan fingerprint density at radius 1 is 1.42 bits per heavy atom. The molecule has 0 bridgehead atoms. The molecule has 0 radical (unpaired) electrons. The summed E-state index contributed by atoms with van der Waals surface area (Å²) in [6.45, 7) is 0.545. The van der Waals surface area contributed by atoms with Gasteiger partial charge in [0.2, 0.25) is 0 Å². The molecule has 5 heteroatoms. The van der Waals surface area contributed by atoms with Crippen LogP contribution in [0.4, 0.5) is 0 Å². The monoisotopic (exact) mass is 259 g/mol. The Labute approximate surface area is 112 Å². The summed E-state index contributed by atoms with van der Waals surface area (Å²) in [5.74, 6) is 2.56. The van der Waals surface area contributed by atoms with Gasteiger partial charge in [-0.25, -0.2) is 4.98 Å². The van der Waals surface area contributed by atoms with Crippen LogP contribution in [-0.4, -0.2) is 35.8 Å². The lowest BCUT2D eigenvalue weighted by molar-refractivity contribution is 0.0636. The average Bonchev–Trinajstić information content (AvgIpc) is 2.97. The summed E-state index contributed by atoms with van der Waals surface area (Å²) in [5.41, 5.74) is 0. The molecular weight excluding hydrogens is 242 g/mol. The maximum absolute atomic E-state index is 6.00. The normalized spacial score (nSPS) is 19.1.